The Morgan fingerprint density at radius 3 is 2.67 bits per heavy atom. The number of nitrogens with one attached hydrogen (secondary N) is 1. The Balaban J connectivity index is 1.74. The van der Waals surface area contributed by atoms with Crippen LogP contribution in [0.5, 0.6) is 0 Å². The van der Waals surface area contributed by atoms with Gasteiger partial charge in [-0.15, -0.1) is 6.42 Å². The first kappa shape index (κ1) is 20.9. The van der Waals surface area contributed by atoms with E-state index < -0.39 is 0 Å². The molecule has 3 rings (SSSR count). The normalized spacial score (nSPS) is 10.5. The van der Waals surface area contributed by atoms with Crippen LogP contribution in [0, 0.1) is 12.3 Å². The highest BCUT2D eigenvalue weighted by Gasteiger charge is 2.09. The third-order valence-electron chi connectivity index (χ3n) is 4.82. The van der Waals surface area contributed by atoms with Crippen molar-refractivity contribution in [3.63, 3.8) is 0 Å². The molecule has 2 aromatic carbocycles. The largest absolute Gasteiger partial charge is 0.469 e. The van der Waals surface area contributed by atoms with E-state index in [1.54, 1.807) is 6.07 Å². The number of aromatic amines is 1. The summed E-state index contributed by atoms with van der Waals surface area (Å²) in [6.45, 7) is 0.974. The Morgan fingerprint density at radius 1 is 1.23 bits per heavy atom. The fraction of sp³-hybridized carbons (Fsp3) is 0.261. The summed E-state index contributed by atoms with van der Waals surface area (Å²) in [7, 11) is 1.40. The van der Waals surface area contributed by atoms with Crippen molar-refractivity contribution in [3.8, 4) is 12.3 Å². The van der Waals surface area contributed by atoms with Gasteiger partial charge in [0.15, 0.2) is 0 Å². The second-order valence-electron chi connectivity index (χ2n) is 6.96. The van der Waals surface area contributed by atoms with Crippen molar-refractivity contribution in [1.82, 2.24) is 9.97 Å². The monoisotopic (exact) mass is 404 g/mol. The van der Waals surface area contributed by atoms with Crippen LogP contribution in [0.15, 0.2) is 47.3 Å². The third kappa shape index (κ3) is 5.17. The van der Waals surface area contributed by atoms with E-state index >= 15 is 0 Å². The molecule has 1 heterocycles. The summed E-state index contributed by atoms with van der Waals surface area (Å²) < 4.78 is 4.67. The molecule has 0 bridgehead atoms. The molecule has 0 spiro atoms. The number of nitrogen functional groups attached to an aromatic ring is 1. The fourth-order valence-corrected chi connectivity index (χ4v) is 3.28. The van der Waals surface area contributed by atoms with E-state index in [9.17, 15) is 9.59 Å². The van der Waals surface area contributed by atoms with Crippen LogP contribution in [0.2, 0.25) is 0 Å². The highest BCUT2D eigenvalue weighted by Crippen LogP contribution is 2.20. The van der Waals surface area contributed by atoms with E-state index in [2.05, 4.69) is 25.5 Å². The topological polar surface area (TPSA) is 101 Å². The summed E-state index contributed by atoms with van der Waals surface area (Å²) in [5.74, 6) is 2.59. The zero-order valence-corrected chi connectivity index (χ0v) is 16.9. The number of carbonyl (C=O) groups excluding carboxylic acids is 1. The van der Waals surface area contributed by atoms with E-state index in [0.29, 0.717) is 30.4 Å². The summed E-state index contributed by atoms with van der Waals surface area (Å²) >= 11 is 0. The number of ether oxygens (including phenoxy) is 1. The number of anilines is 2. The number of carbonyl (C=O) groups is 1. The minimum Gasteiger partial charge on any atom is -0.469 e. The number of fused-ring (bicyclic) bond motifs is 1. The van der Waals surface area contributed by atoms with Crippen molar-refractivity contribution < 1.29 is 9.53 Å². The van der Waals surface area contributed by atoms with E-state index in [0.717, 1.165) is 29.7 Å². The van der Waals surface area contributed by atoms with Crippen LogP contribution in [-0.4, -0.2) is 29.6 Å². The summed E-state index contributed by atoms with van der Waals surface area (Å²) in [6, 6.07) is 13.6. The molecule has 0 saturated carbocycles. The summed E-state index contributed by atoms with van der Waals surface area (Å²) in [4.78, 5) is 32.1. The van der Waals surface area contributed by atoms with Gasteiger partial charge in [0.05, 0.1) is 24.6 Å². The van der Waals surface area contributed by atoms with Gasteiger partial charge < -0.3 is 15.4 Å². The number of nitrogens with zero attached hydrogens (tertiary/aromatic N) is 2. The molecule has 0 amide bonds. The molecule has 30 heavy (non-hydrogen) atoms. The predicted octanol–water partition coefficient (Wildman–Crippen LogP) is 2.64. The number of methoxy groups -OCH3 is 1. The lowest BCUT2D eigenvalue weighted by Crippen LogP contribution is -2.23. The number of esters is 1. The quantitative estimate of drug-likeness (QED) is 0.442. The SMILES string of the molecule is C#CCN(Cc1ccc2nc(N)[nH]c(=O)c2c1)c1ccc(CCCC(=O)OC)cc1. The smallest absolute Gasteiger partial charge is 0.305 e. The minimum atomic E-state index is -0.265. The lowest BCUT2D eigenvalue weighted by molar-refractivity contribution is -0.140. The fourth-order valence-electron chi connectivity index (χ4n) is 3.28. The third-order valence-corrected chi connectivity index (χ3v) is 4.82. The second kappa shape index (κ2) is 9.61. The first-order valence-corrected chi connectivity index (χ1v) is 9.62. The maximum atomic E-state index is 12.2. The number of H-pyrrole nitrogens is 1. The first-order chi connectivity index (χ1) is 14.5. The summed E-state index contributed by atoms with van der Waals surface area (Å²) in [5, 5.41) is 0.489. The van der Waals surface area contributed by atoms with Crippen molar-refractivity contribution in [2.45, 2.75) is 25.8 Å². The van der Waals surface area contributed by atoms with Crippen LogP contribution >= 0.6 is 0 Å². The predicted molar refractivity (Wildman–Crippen MR) is 118 cm³/mol. The van der Waals surface area contributed by atoms with Crippen molar-refractivity contribution in [2.24, 2.45) is 0 Å². The Labute approximate surface area is 174 Å². The number of aromatic nitrogens is 2. The highest BCUT2D eigenvalue weighted by molar-refractivity contribution is 5.79. The lowest BCUT2D eigenvalue weighted by Gasteiger charge is -2.23. The van der Waals surface area contributed by atoms with Gasteiger partial charge in [0, 0.05) is 18.7 Å². The van der Waals surface area contributed by atoms with E-state index in [4.69, 9.17) is 12.2 Å². The number of aryl methyl sites for hydroxylation is 1. The van der Waals surface area contributed by atoms with Gasteiger partial charge in [-0.2, -0.15) is 0 Å². The Kier molecular flexibility index (Phi) is 6.71. The Morgan fingerprint density at radius 2 is 1.97 bits per heavy atom. The lowest BCUT2D eigenvalue weighted by atomic mass is 10.1. The molecule has 1 aromatic heterocycles. The molecule has 3 aromatic rings. The molecule has 0 fully saturated rings. The van der Waals surface area contributed by atoms with Crippen molar-refractivity contribution >= 4 is 28.5 Å². The van der Waals surface area contributed by atoms with Gasteiger partial charge in [0.25, 0.3) is 5.56 Å². The van der Waals surface area contributed by atoms with Gasteiger partial charge in [-0.05, 0) is 48.2 Å². The second-order valence-corrected chi connectivity index (χ2v) is 6.96. The van der Waals surface area contributed by atoms with Crippen LogP contribution in [0.1, 0.15) is 24.0 Å². The molecule has 154 valence electrons. The molecule has 7 nitrogen and oxygen atoms in total. The standard InChI is InChI=1S/C23H24N4O3/c1-3-13-27(18-10-7-16(8-11-18)5-4-6-21(28)30-2)15-17-9-12-20-19(14-17)22(29)26-23(24)25-20/h1,7-12,14H,4-6,13,15H2,2H3,(H3,24,25,26,29). The van der Waals surface area contributed by atoms with Crippen molar-refractivity contribution in [1.29, 1.82) is 0 Å². The van der Waals surface area contributed by atoms with Crippen LogP contribution in [0.4, 0.5) is 11.6 Å². The number of rotatable bonds is 8. The van der Waals surface area contributed by atoms with Crippen LogP contribution < -0.4 is 16.2 Å². The molecule has 7 heteroatoms. The molecular formula is C23H24N4O3. The Hall–Kier alpha value is -3.79. The molecule has 0 unspecified atom stereocenters. The van der Waals surface area contributed by atoms with E-state index in [1.165, 1.54) is 7.11 Å². The zero-order chi connectivity index (χ0) is 21.5. The average Bonchev–Trinajstić information content (AvgIpc) is 2.74. The molecule has 0 aliphatic heterocycles. The van der Waals surface area contributed by atoms with Crippen LogP contribution in [0.3, 0.4) is 0 Å². The molecule has 3 N–H and O–H groups in total. The van der Waals surface area contributed by atoms with Crippen LogP contribution in [0.25, 0.3) is 10.9 Å². The number of terminal acetylenes is 1. The molecule has 0 saturated heterocycles. The highest BCUT2D eigenvalue weighted by atomic mass is 16.5. The Bertz CT molecular complexity index is 1130. The van der Waals surface area contributed by atoms with Gasteiger partial charge in [-0.1, -0.05) is 24.1 Å². The minimum absolute atomic E-state index is 0.0980. The number of benzene rings is 2. The molecule has 0 aliphatic carbocycles. The molecule has 0 aliphatic rings. The van der Waals surface area contributed by atoms with E-state index in [-0.39, 0.29) is 17.5 Å². The number of hydrogen-bond acceptors (Lipinski definition) is 6. The summed E-state index contributed by atoms with van der Waals surface area (Å²) in [6.07, 6.45) is 7.52. The zero-order valence-electron chi connectivity index (χ0n) is 16.9. The van der Waals surface area contributed by atoms with E-state index in [1.807, 2.05) is 36.4 Å². The molecular weight excluding hydrogens is 380 g/mol. The van der Waals surface area contributed by atoms with Crippen molar-refractivity contribution in [2.75, 3.05) is 24.3 Å². The molecule has 0 atom stereocenters. The van der Waals surface area contributed by atoms with Gasteiger partial charge >= 0.3 is 5.97 Å². The van der Waals surface area contributed by atoms with Crippen LogP contribution in [-0.2, 0) is 22.5 Å². The molecule has 0 radical (unpaired) electrons. The average molecular weight is 404 g/mol. The van der Waals surface area contributed by atoms with Gasteiger partial charge in [-0.3, -0.25) is 14.6 Å². The first-order valence-electron chi connectivity index (χ1n) is 9.62. The van der Waals surface area contributed by atoms with Crippen molar-refractivity contribution in [3.05, 3.63) is 63.9 Å². The maximum Gasteiger partial charge on any atom is 0.305 e. The maximum absolute atomic E-state index is 12.2. The number of hydrogen-bond donors (Lipinski definition) is 2. The summed E-state index contributed by atoms with van der Waals surface area (Å²) in [5.41, 5.74) is 8.96. The van der Waals surface area contributed by atoms with Gasteiger partial charge in [0.2, 0.25) is 5.95 Å². The number of nitrogens with two attached hydrogens (primary N) is 1. The van der Waals surface area contributed by atoms with Gasteiger partial charge in [-0.25, -0.2) is 4.98 Å². The van der Waals surface area contributed by atoms with Gasteiger partial charge in [0.1, 0.15) is 0 Å².